The summed E-state index contributed by atoms with van der Waals surface area (Å²) in [4.78, 5) is 13.3. The molecular weight excluding hydrogens is 338 g/mol. The van der Waals surface area contributed by atoms with Crippen LogP contribution in [-0.2, 0) is 17.8 Å². The van der Waals surface area contributed by atoms with Crippen molar-refractivity contribution in [2.45, 2.75) is 13.0 Å². The van der Waals surface area contributed by atoms with E-state index < -0.39 is 0 Å². The number of halogens is 1. The van der Waals surface area contributed by atoms with Gasteiger partial charge in [0.05, 0.1) is 12.5 Å². The summed E-state index contributed by atoms with van der Waals surface area (Å²) in [7, 11) is 0. The van der Waals surface area contributed by atoms with Crippen molar-refractivity contribution >= 4 is 33.2 Å². The first-order valence-corrected chi connectivity index (χ1v) is 8.11. The van der Waals surface area contributed by atoms with Gasteiger partial charge in [-0.3, -0.25) is 4.79 Å². The minimum absolute atomic E-state index is 0.0593. The van der Waals surface area contributed by atoms with Gasteiger partial charge in [0.2, 0.25) is 5.91 Å². The topological polar surface area (TPSA) is 38.3 Å². The van der Waals surface area contributed by atoms with Crippen LogP contribution in [0.3, 0.4) is 0 Å². The predicted molar refractivity (Wildman–Crippen MR) is 83.0 cm³/mol. The Labute approximate surface area is 130 Å². The Hall–Kier alpha value is -1.33. The molecule has 104 valence electrons. The minimum Gasteiger partial charge on any atom is -0.492 e. The van der Waals surface area contributed by atoms with Gasteiger partial charge in [-0.1, -0.05) is 18.2 Å². The van der Waals surface area contributed by atoms with Gasteiger partial charge in [-0.05, 0) is 40.0 Å². The maximum Gasteiger partial charge on any atom is 0.227 e. The molecule has 0 bridgehead atoms. The number of hydrogen-bond donors (Lipinski definition) is 1. The van der Waals surface area contributed by atoms with Gasteiger partial charge in [-0.15, -0.1) is 11.3 Å². The normalized spacial score (nSPS) is 17.1. The van der Waals surface area contributed by atoms with Crippen LogP contribution in [0, 0.1) is 5.92 Å². The van der Waals surface area contributed by atoms with Crippen LogP contribution in [0.15, 0.2) is 40.2 Å². The third kappa shape index (κ3) is 3.04. The lowest BCUT2D eigenvalue weighted by Gasteiger charge is -2.24. The van der Waals surface area contributed by atoms with Gasteiger partial charge in [0.25, 0.3) is 0 Å². The van der Waals surface area contributed by atoms with Gasteiger partial charge in [-0.25, -0.2) is 0 Å². The van der Waals surface area contributed by atoms with Crippen LogP contribution >= 0.6 is 27.3 Å². The van der Waals surface area contributed by atoms with Gasteiger partial charge in [0, 0.05) is 14.7 Å². The molecule has 2 aromatic rings. The first-order valence-electron chi connectivity index (χ1n) is 6.43. The number of thiophene rings is 1. The molecule has 20 heavy (non-hydrogen) atoms. The van der Waals surface area contributed by atoms with E-state index in [1.165, 1.54) is 0 Å². The van der Waals surface area contributed by atoms with Gasteiger partial charge >= 0.3 is 0 Å². The molecule has 5 heteroatoms. The zero-order valence-electron chi connectivity index (χ0n) is 10.8. The SMILES string of the molecule is O=C(NCc1cc(Br)cs1)C1COc2ccccc2C1. The number of benzene rings is 1. The fourth-order valence-electron chi connectivity index (χ4n) is 2.26. The predicted octanol–water partition coefficient (Wildman–Crippen LogP) is 3.38. The maximum atomic E-state index is 12.2. The molecule has 0 radical (unpaired) electrons. The molecule has 0 saturated heterocycles. The van der Waals surface area contributed by atoms with Gasteiger partial charge in [-0.2, -0.15) is 0 Å². The van der Waals surface area contributed by atoms with E-state index >= 15 is 0 Å². The quantitative estimate of drug-likeness (QED) is 0.920. The minimum atomic E-state index is -0.103. The lowest BCUT2D eigenvalue weighted by Crippen LogP contribution is -2.36. The number of carbonyl (C=O) groups is 1. The van der Waals surface area contributed by atoms with Crippen molar-refractivity contribution in [1.29, 1.82) is 0 Å². The average molecular weight is 352 g/mol. The third-order valence-corrected chi connectivity index (χ3v) is 5.01. The number of nitrogens with one attached hydrogen (secondary N) is 1. The van der Waals surface area contributed by atoms with Crippen LogP contribution in [0.4, 0.5) is 0 Å². The van der Waals surface area contributed by atoms with Crippen molar-refractivity contribution in [3.05, 3.63) is 50.6 Å². The summed E-state index contributed by atoms with van der Waals surface area (Å²) in [5.74, 6) is 0.857. The van der Waals surface area contributed by atoms with Crippen molar-refractivity contribution in [3.63, 3.8) is 0 Å². The van der Waals surface area contributed by atoms with Crippen LogP contribution in [0.1, 0.15) is 10.4 Å². The molecule has 1 N–H and O–H groups in total. The Kier molecular flexibility index (Phi) is 4.08. The second-order valence-electron chi connectivity index (χ2n) is 4.77. The van der Waals surface area contributed by atoms with Gasteiger partial charge in [0.15, 0.2) is 0 Å². The highest BCUT2D eigenvalue weighted by Gasteiger charge is 2.25. The molecule has 0 saturated carbocycles. The molecule has 1 amide bonds. The lowest BCUT2D eigenvalue weighted by atomic mass is 9.96. The second kappa shape index (κ2) is 5.97. The molecule has 1 atom stereocenters. The molecule has 3 rings (SSSR count). The van der Waals surface area contributed by atoms with Crippen LogP contribution in [-0.4, -0.2) is 12.5 Å². The standard InChI is InChI=1S/C15H14BrNO2S/c16-12-6-13(20-9-12)7-17-15(18)11-5-10-3-1-2-4-14(10)19-8-11/h1-4,6,9,11H,5,7-8H2,(H,17,18). The lowest BCUT2D eigenvalue weighted by molar-refractivity contribution is -0.126. The zero-order chi connectivity index (χ0) is 13.9. The second-order valence-corrected chi connectivity index (χ2v) is 6.68. The highest BCUT2D eigenvalue weighted by molar-refractivity contribution is 9.10. The van der Waals surface area contributed by atoms with E-state index in [1.807, 2.05) is 35.7 Å². The van der Waals surface area contributed by atoms with Crippen LogP contribution in [0.5, 0.6) is 5.75 Å². The molecule has 0 aliphatic carbocycles. The Balaban J connectivity index is 1.59. The van der Waals surface area contributed by atoms with Crippen molar-refractivity contribution in [2.75, 3.05) is 6.61 Å². The molecular formula is C15H14BrNO2S. The number of hydrogen-bond acceptors (Lipinski definition) is 3. The fraction of sp³-hybridized carbons (Fsp3) is 0.267. The Bertz CT molecular complexity index is 626. The Morgan fingerprint density at radius 2 is 2.30 bits per heavy atom. The monoisotopic (exact) mass is 351 g/mol. The summed E-state index contributed by atoms with van der Waals surface area (Å²) >= 11 is 5.05. The number of amides is 1. The first kappa shape index (κ1) is 13.6. The molecule has 1 aromatic heterocycles. The van der Waals surface area contributed by atoms with Crippen LogP contribution in [0.2, 0.25) is 0 Å². The summed E-state index contributed by atoms with van der Waals surface area (Å²) in [6, 6.07) is 9.93. The Morgan fingerprint density at radius 1 is 1.45 bits per heavy atom. The largest absolute Gasteiger partial charge is 0.492 e. The van der Waals surface area contributed by atoms with Gasteiger partial charge < -0.3 is 10.1 Å². The van der Waals surface area contributed by atoms with E-state index in [-0.39, 0.29) is 11.8 Å². The molecule has 1 aliphatic rings. The van der Waals surface area contributed by atoms with Crippen LogP contribution < -0.4 is 10.1 Å². The molecule has 1 aromatic carbocycles. The fourth-order valence-corrected chi connectivity index (χ4v) is 3.65. The number of carbonyl (C=O) groups excluding carboxylic acids is 1. The number of para-hydroxylation sites is 1. The van der Waals surface area contributed by atoms with Crippen LogP contribution in [0.25, 0.3) is 0 Å². The summed E-state index contributed by atoms with van der Waals surface area (Å²) in [6.07, 6.45) is 0.746. The van der Waals surface area contributed by atoms with Crippen molar-refractivity contribution in [1.82, 2.24) is 5.32 Å². The Morgan fingerprint density at radius 3 is 3.10 bits per heavy atom. The molecule has 3 nitrogen and oxygen atoms in total. The van der Waals surface area contributed by atoms with E-state index in [2.05, 4.69) is 21.2 Å². The van der Waals surface area contributed by atoms with E-state index in [9.17, 15) is 4.79 Å². The highest BCUT2D eigenvalue weighted by Crippen LogP contribution is 2.27. The van der Waals surface area contributed by atoms with Crippen molar-refractivity contribution < 1.29 is 9.53 Å². The van der Waals surface area contributed by atoms with E-state index in [0.29, 0.717) is 13.2 Å². The van der Waals surface area contributed by atoms with E-state index in [4.69, 9.17) is 4.74 Å². The molecule has 1 aliphatic heterocycles. The summed E-state index contributed by atoms with van der Waals surface area (Å²) in [6.45, 7) is 1.03. The summed E-state index contributed by atoms with van der Waals surface area (Å²) in [5.41, 5.74) is 1.11. The smallest absolute Gasteiger partial charge is 0.227 e. The van der Waals surface area contributed by atoms with E-state index in [0.717, 1.165) is 27.1 Å². The van der Waals surface area contributed by atoms with Crippen molar-refractivity contribution in [2.24, 2.45) is 5.92 Å². The highest BCUT2D eigenvalue weighted by atomic mass is 79.9. The number of ether oxygens (including phenoxy) is 1. The summed E-state index contributed by atoms with van der Waals surface area (Å²) < 4.78 is 6.70. The number of fused-ring (bicyclic) bond motifs is 1. The third-order valence-electron chi connectivity index (χ3n) is 3.31. The molecule has 0 fully saturated rings. The van der Waals surface area contributed by atoms with E-state index in [1.54, 1.807) is 11.3 Å². The average Bonchev–Trinajstić information content (AvgIpc) is 2.90. The zero-order valence-corrected chi connectivity index (χ0v) is 13.2. The number of rotatable bonds is 3. The van der Waals surface area contributed by atoms with Gasteiger partial charge in [0.1, 0.15) is 12.4 Å². The summed E-state index contributed by atoms with van der Waals surface area (Å²) in [5, 5.41) is 5.00. The first-order chi connectivity index (χ1) is 9.72. The maximum absolute atomic E-state index is 12.2. The van der Waals surface area contributed by atoms with Crippen molar-refractivity contribution in [3.8, 4) is 5.75 Å². The molecule has 1 unspecified atom stereocenters. The molecule has 0 spiro atoms. The molecule has 2 heterocycles.